The van der Waals surface area contributed by atoms with Crippen molar-refractivity contribution in [3.8, 4) is 5.75 Å². The summed E-state index contributed by atoms with van der Waals surface area (Å²) in [7, 11) is 0. The van der Waals surface area contributed by atoms with Gasteiger partial charge in [-0.1, -0.05) is 32.4 Å². The molecule has 0 saturated carbocycles. The van der Waals surface area contributed by atoms with E-state index in [1.807, 2.05) is 34.6 Å². The smallest absolute Gasteiger partial charge is 0.414 e. The summed E-state index contributed by atoms with van der Waals surface area (Å²) in [5.41, 5.74) is -0.104. The predicted octanol–water partition coefficient (Wildman–Crippen LogP) is 5.96. The molecule has 0 radical (unpaired) electrons. The van der Waals surface area contributed by atoms with E-state index in [0.717, 1.165) is 0 Å². The van der Waals surface area contributed by atoms with Gasteiger partial charge in [-0.25, -0.2) is 4.79 Å². The first kappa shape index (κ1) is 32.9. The van der Waals surface area contributed by atoms with E-state index in [9.17, 15) is 14.4 Å². The molecule has 1 aromatic carbocycles. The lowest BCUT2D eigenvalue weighted by Crippen LogP contribution is -2.40. The normalized spacial score (nSPS) is 11.7. The Morgan fingerprint density at radius 2 is 1.65 bits per heavy atom. The van der Waals surface area contributed by atoms with Gasteiger partial charge in [-0.3, -0.25) is 19.5 Å². The Morgan fingerprint density at radius 3 is 2.23 bits per heavy atom. The summed E-state index contributed by atoms with van der Waals surface area (Å²) in [6, 6.07) is 8.26. The van der Waals surface area contributed by atoms with E-state index in [0.29, 0.717) is 41.5 Å². The maximum absolute atomic E-state index is 13.4. The minimum atomic E-state index is -0.661. The molecule has 0 fully saturated rings. The third-order valence-corrected chi connectivity index (χ3v) is 5.94. The molecule has 0 aliphatic carbocycles. The number of hydrogen-bond donors (Lipinski definition) is 1. The van der Waals surface area contributed by atoms with Gasteiger partial charge in [0.05, 0.1) is 12.2 Å². The second-order valence-corrected chi connectivity index (χ2v) is 12.2. The lowest BCUT2D eigenvalue weighted by atomic mass is 9.96. The number of anilines is 1. The van der Waals surface area contributed by atoms with Crippen molar-refractivity contribution in [2.24, 2.45) is 5.41 Å². The van der Waals surface area contributed by atoms with Crippen LogP contribution >= 0.6 is 11.6 Å². The molecular weight excluding hydrogens is 532 g/mol. The molecule has 1 heterocycles. The Morgan fingerprint density at radius 1 is 1.00 bits per heavy atom. The van der Waals surface area contributed by atoms with Gasteiger partial charge in [0.15, 0.2) is 0 Å². The van der Waals surface area contributed by atoms with Crippen LogP contribution in [0.3, 0.4) is 0 Å². The van der Waals surface area contributed by atoms with E-state index in [1.54, 1.807) is 68.4 Å². The number of ether oxygens (including phenoxy) is 2. The van der Waals surface area contributed by atoms with Crippen molar-refractivity contribution in [3.63, 3.8) is 0 Å². The lowest BCUT2D eigenvalue weighted by molar-refractivity contribution is -0.128. The van der Waals surface area contributed by atoms with E-state index in [4.69, 9.17) is 21.1 Å². The second kappa shape index (κ2) is 14.3. The molecule has 0 bridgehead atoms. The molecule has 0 atom stereocenters. The molecule has 40 heavy (non-hydrogen) atoms. The van der Waals surface area contributed by atoms with Crippen molar-refractivity contribution in [2.45, 2.75) is 73.5 Å². The molecule has 0 saturated heterocycles. The first-order chi connectivity index (χ1) is 18.6. The van der Waals surface area contributed by atoms with Crippen LogP contribution in [-0.4, -0.2) is 65.7 Å². The Hall–Kier alpha value is -3.33. The number of nitrogens with zero attached hydrogens (tertiary/aromatic N) is 3. The molecule has 220 valence electrons. The Balaban J connectivity index is 2.08. The highest BCUT2D eigenvalue weighted by molar-refractivity contribution is 6.31. The lowest BCUT2D eigenvalue weighted by Gasteiger charge is -2.28. The number of aromatic nitrogens is 1. The van der Waals surface area contributed by atoms with E-state index in [2.05, 4.69) is 10.3 Å². The maximum atomic E-state index is 13.4. The standard InChI is InChI=1S/C30H43ClN4O5/c1-21(2)34(15-9-12-33-27(37)29(3,4)5)26(36)22-18-23(31)20-25(19-22)39-17-16-35(24-10-13-32-14-11-24)28(38)40-30(6,7)8/h10-11,13-14,18-21H,9,12,15-17H2,1-8H3,(H,33,37). The van der Waals surface area contributed by atoms with Crippen LogP contribution in [0.1, 0.15) is 72.2 Å². The minimum Gasteiger partial charge on any atom is -0.492 e. The Bertz CT molecular complexity index is 1140. The number of halogens is 1. The maximum Gasteiger partial charge on any atom is 0.414 e. The molecule has 0 aliphatic rings. The zero-order valence-electron chi connectivity index (χ0n) is 24.9. The van der Waals surface area contributed by atoms with E-state index < -0.39 is 17.1 Å². The van der Waals surface area contributed by atoms with Gasteiger partial charge >= 0.3 is 6.09 Å². The SMILES string of the molecule is CC(C)N(CCCNC(=O)C(C)(C)C)C(=O)c1cc(Cl)cc(OCCN(C(=O)OC(C)(C)C)c2ccncc2)c1. The molecular formula is C30H43ClN4O5. The molecule has 3 amide bonds. The molecule has 2 rings (SSSR count). The average Bonchev–Trinajstić information content (AvgIpc) is 2.84. The van der Waals surface area contributed by atoms with Crippen LogP contribution in [0.2, 0.25) is 5.02 Å². The van der Waals surface area contributed by atoms with Crippen molar-refractivity contribution in [3.05, 3.63) is 53.3 Å². The topological polar surface area (TPSA) is 101 Å². The van der Waals surface area contributed by atoms with E-state index in [1.165, 1.54) is 4.90 Å². The fraction of sp³-hybridized carbons (Fsp3) is 0.533. The van der Waals surface area contributed by atoms with Crippen LogP contribution in [0.5, 0.6) is 5.75 Å². The van der Waals surface area contributed by atoms with Gasteiger partial charge < -0.3 is 19.7 Å². The monoisotopic (exact) mass is 574 g/mol. The largest absolute Gasteiger partial charge is 0.492 e. The van der Waals surface area contributed by atoms with Crippen molar-refractivity contribution in [1.29, 1.82) is 0 Å². The van der Waals surface area contributed by atoms with E-state index in [-0.39, 0.29) is 31.0 Å². The van der Waals surface area contributed by atoms with Gasteiger partial charge in [-0.05, 0) is 71.4 Å². The number of nitrogens with one attached hydrogen (secondary N) is 1. The highest BCUT2D eigenvalue weighted by Crippen LogP contribution is 2.24. The molecule has 1 aromatic heterocycles. The molecule has 2 aromatic rings. The summed E-state index contributed by atoms with van der Waals surface area (Å²) in [5.74, 6) is 0.202. The fourth-order valence-corrected chi connectivity index (χ4v) is 3.89. The Kier molecular flexibility index (Phi) is 11.8. The van der Waals surface area contributed by atoms with Crippen molar-refractivity contribution >= 4 is 35.2 Å². The van der Waals surface area contributed by atoms with Crippen LogP contribution in [-0.2, 0) is 9.53 Å². The van der Waals surface area contributed by atoms with Crippen molar-refractivity contribution < 1.29 is 23.9 Å². The summed E-state index contributed by atoms with van der Waals surface area (Å²) in [6.45, 7) is 16.2. The molecule has 0 unspecified atom stereocenters. The fourth-order valence-electron chi connectivity index (χ4n) is 3.67. The van der Waals surface area contributed by atoms with Gasteiger partial charge in [-0.2, -0.15) is 0 Å². The van der Waals surface area contributed by atoms with Gasteiger partial charge in [-0.15, -0.1) is 0 Å². The summed E-state index contributed by atoms with van der Waals surface area (Å²) in [6.07, 6.45) is 3.31. The van der Waals surface area contributed by atoms with Crippen LogP contribution in [0.25, 0.3) is 0 Å². The first-order valence-corrected chi connectivity index (χ1v) is 13.9. The van der Waals surface area contributed by atoms with Gasteiger partial charge in [0.25, 0.3) is 5.91 Å². The number of pyridine rings is 1. The number of rotatable bonds is 11. The number of hydrogen-bond acceptors (Lipinski definition) is 6. The molecule has 0 aliphatic heterocycles. The zero-order valence-corrected chi connectivity index (χ0v) is 25.7. The quantitative estimate of drug-likeness (QED) is 0.332. The highest BCUT2D eigenvalue weighted by atomic mass is 35.5. The third kappa shape index (κ3) is 10.7. The highest BCUT2D eigenvalue weighted by Gasteiger charge is 2.24. The summed E-state index contributed by atoms with van der Waals surface area (Å²) < 4.78 is 11.5. The molecule has 1 N–H and O–H groups in total. The van der Waals surface area contributed by atoms with Crippen molar-refractivity contribution in [2.75, 3.05) is 31.1 Å². The molecule has 9 nitrogen and oxygen atoms in total. The Labute approximate surface area is 243 Å². The zero-order chi connectivity index (χ0) is 30.1. The average molecular weight is 575 g/mol. The molecule has 10 heteroatoms. The van der Waals surface area contributed by atoms with Crippen LogP contribution in [0.4, 0.5) is 10.5 Å². The van der Waals surface area contributed by atoms with Crippen molar-refractivity contribution in [1.82, 2.24) is 15.2 Å². The second-order valence-electron chi connectivity index (χ2n) is 11.8. The van der Waals surface area contributed by atoms with Crippen LogP contribution < -0.4 is 15.0 Å². The van der Waals surface area contributed by atoms with Gasteiger partial charge in [0, 0.05) is 47.5 Å². The predicted molar refractivity (Wildman–Crippen MR) is 158 cm³/mol. The van der Waals surface area contributed by atoms with Gasteiger partial charge in [0.2, 0.25) is 5.91 Å². The summed E-state index contributed by atoms with van der Waals surface area (Å²) >= 11 is 6.35. The minimum absolute atomic E-state index is 0.0271. The molecule has 0 spiro atoms. The summed E-state index contributed by atoms with van der Waals surface area (Å²) in [4.78, 5) is 45.6. The van der Waals surface area contributed by atoms with E-state index >= 15 is 0 Å². The van der Waals surface area contributed by atoms with Gasteiger partial charge in [0.1, 0.15) is 18.0 Å². The number of benzene rings is 1. The number of carbonyl (C=O) groups is 3. The van der Waals surface area contributed by atoms with Crippen LogP contribution in [0, 0.1) is 5.41 Å². The number of carbonyl (C=O) groups excluding carboxylic acids is 3. The van der Waals surface area contributed by atoms with Crippen LogP contribution in [0.15, 0.2) is 42.7 Å². The summed E-state index contributed by atoms with van der Waals surface area (Å²) in [5, 5.41) is 3.28. The first-order valence-electron chi connectivity index (χ1n) is 13.5. The third-order valence-electron chi connectivity index (χ3n) is 5.72. The number of amides is 3.